The minimum atomic E-state index is 1.27. The maximum Gasteiger partial charge on any atom is -0.0193 e. The zero-order chi connectivity index (χ0) is 10.8. The zero-order valence-corrected chi connectivity index (χ0v) is 10.1. The van der Waals surface area contributed by atoms with E-state index in [2.05, 4.69) is 39.0 Å². The molecule has 0 N–H and O–H groups in total. The van der Waals surface area contributed by atoms with Crippen LogP contribution < -0.4 is 0 Å². The normalized spacial score (nSPS) is 17.0. The molecule has 1 aromatic carbocycles. The average molecular weight is 200 g/mol. The molecule has 0 saturated heterocycles. The van der Waals surface area contributed by atoms with Gasteiger partial charge in [-0.3, -0.25) is 0 Å². The van der Waals surface area contributed by atoms with Crippen molar-refractivity contribution in [2.75, 3.05) is 0 Å². The Morgan fingerprint density at radius 2 is 1.67 bits per heavy atom. The summed E-state index contributed by atoms with van der Waals surface area (Å²) in [6, 6.07) is 6.80. The monoisotopic (exact) mass is 200 g/mol. The molecule has 0 nitrogen and oxygen atoms in total. The van der Waals surface area contributed by atoms with Gasteiger partial charge in [0.15, 0.2) is 0 Å². The van der Waals surface area contributed by atoms with E-state index in [-0.39, 0.29) is 0 Å². The predicted molar refractivity (Wildman–Crippen MR) is 67.0 cm³/mol. The van der Waals surface area contributed by atoms with Crippen LogP contribution in [0.25, 0.3) is 5.57 Å². The van der Waals surface area contributed by atoms with Gasteiger partial charge in [-0.05, 0) is 63.2 Å². The van der Waals surface area contributed by atoms with Crippen molar-refractivity contribution in [1.82, 2.24) is 0 Å². The number of hydrogen-bond donors (Lipinski definition) is 0. The van der Waals surface area contributed by atoms with E-state index in [0.717, 1.165) is 0 Å². The highest BCUT2D eigenvalue weighted by atomic mass is 14.2. The van der Waals surface area contributed by atoms with E-state index in [9.17, 15) is 0 Å². The Morgan fingerprint density at radius 3 is 2.40 bits per heavy atom. The van der Waals surface area contributed by atoms with Gasteiger partial charge in [0.1, 0.15) is 0 Å². The van der Waals surface area contributed by atoms with E-state index >= 15 is 0 Å². The first-order valence-corrected chi connectivity index (χ1v) is 5.95. The summed E-state index contributed by atoms with van der Waals surface area (Å²) >= 11 is 0. The SMILES string of the molecule is CC1=C(c2cc(C)ccc2C)CCCC1. The number of rotatable bonds is 1. The summed E-state index contributed by atoms with van der Waals surface area (Å²) in [7, 11) is 0. The molecule has 2 rings (SSSR count). The van der Waals surface area contributed by atoms with Crippen LogP contribution in [0.2, 0.25) is 0 Å². The zero-order valence-electron chi connectivity index (χ0n) is 10.1. The molecule has 0 heterocycles. The molecule has 1 aromatic rings. The van der Waals surface area contributed by atoms with E-state index in [1.807, 2.05) is 0 Å². The first-order chi connectivity index (χ1) is 7.18. The standard InChI is InChI=1S/C15H20/c1-11-8-9-13(3)15(10-11)14-7-5-4-6-12(14)2/h8-10H,4-7H2,1-3H3. The summed E-state index contributed by atoms with van der Waals surface area (Å²) < 4.78 is 0. The first-order valence-electron chi connectivity index (χ1n) is 5.95. The highest BCUT2D eigenvalue weighted by molar-refractivity contribution is 5.71. The van der Waals surface area contributed by atoms with Crippen LogP contribution in [0.4, 0.5) is 0 Å². The number of hydrogen-bond acceptors (Lipinski definition) is 0. The second-order valence-corrected chi connectivity index (χ2v) is 4.78. The van der Waals surface area contributed by atoms with Gasteiger partial charge in [0.05, 0.1) is 0 Å². The molecule has 0 fully saturated rings. The lowest BCUT2D eigenvalue weighted by atomic mass is 9.86. The van der Waals surface area contributed by atoms with Gasteiger partial charge in [0.2, 0.25) is 0 Å². The number of benzene rings is 1. The van der Waals surface area contributed by atoms with Crippen LogP contribution >= 0.6 is 0 Å². The third-order valence-corrected chi connectivity index (χ3v) is 3.46. The van der Waals surface area contributed by atoms with Crippen molar-refractivity contribution in [2.24, 2.45) is 0 Å². The van der Waals surface area contributed by atoms with Crippen molar-refractivity contribution >= 4 is 5.57 Å². The van der Waals surface area contributed by atoms with E-state index in [1.165, 1.54) is 42.4 Å². The van der Waals surface area contributed by atoms with Gasteiger partial charge in [-0.1, -0.05) is 29.3 Å². The fourth-order valence-corrected chi connectivity index (χ4v) is 2.48. The molecule has 0 saturated carbocycles. The Morgan fingerprint density at radius 1 is 0.933 bits per heavy atom. The van der Waals surface area contributed by atoms with Crippen molar-refractivity contribution in [2.45, 2.75) is 46.5 Å². The largest absolute Gasteiger partial charge is 0.0695 e. The van der Waals surface area contributed by atoms with Crippen LogP contribution in [-0.2, 0) is 0 Å². The van der Waals surface area contributed by atoms with Gasteiger partial charge in [0, 0.05) is 0 Å². The Labute approximate surface area is 93.0 Å². The summed E-state index contributed by atoms with van der Waals surface area (Å²) in [5, 5.41) is 0. The molecular formula is C15H20. The molecule has 1 aliphatic rings. The molecule has 0 spiro atoms. The molecular weight excluding hydrogens is 180 g/mol. The smallest absolute Gasteiger partial charge is 0.0193 e. The molecule has 0 atom stereocenters. The Bertz CT molecular complexity index is 396. The van der Waals surface area contributed by atoms with Gasteiger partial charge in [-0.2, -0.15) is 0 Å². The second kappa shape index (κ2) is 4.22. The maximum absolute atomic E-state index is 2.35. The Balaban J connectivity index is 2.48. The van der Waals surface area contributed by atoms with Crippen LogP contribution in [0.15, 0.2) is 23.8 Å². The Hall–Kier alpha value is -1.04. The van der Waals surface area contributed by atoms with Gasteiger partial charge < -0.3 is 0 Å². The molecule has 0 aliphatic heterocycles. The molecule has 0 aromatic heterocycles. The van der Waals surface area contributed by atoms with Crippen molar-refractivity contribution in [3.63, 3.8) is 0 Å². The third kappa shape index (κ3) is 2.14. The Kier molecular flexibility index (Phi) is 2.95. The fourth-order valence-electron chi connectivity index (χ4n) is 2.48. The van der Waals surface area contributed by atoms with Gasteiger partial charge >= 0.3 is 0 Å². The van der Waals surface area contributed by atoms with Crippen LogP contribution in [0, 0.1) is 13.8 Å². The topological polar surface area (TPSA) is 0 Å². The lowest BCUT2D eigenvalue weighted by Gasteiger charge is -2.20. The average Bonchev–Trinajstić information content (AvgIpc) is 2.23. The molecule has 0 radical (unpaired) electrons. The highest BCUT2D eigenvalue weighted by Crippen LogP contribution is 2.33. The first kappa shape index (κ1) is 10.5. The van der Waals surface area contributed by atoms with E-state index in [1.54, 1.807) is 11.1 Å². The molecule has 1 aliphatic carbocycles. The van der Waals surface area contributed by atoms with Crippen LogP contribution in [-0.4, -0.2) is 0 Å². The summed E-state index contributed by atoms with van der Waals surface area (Å²) in [6.07, 6.45) is 5.30. The molecule has 15 heavy (non-hydrogen) atoms. The molecule has 0 amide bonds. The third-order valence-electron chi connectivity index (χ3n) is 3.46. The fraction of sp³-hybridized carbons (Fsp3) is 0.467. The number of allylic oxidation sites excluding steroid dienone is 2. The van der Waals surface area contributed by atoms with Crippen molar-refractivity contribution in [1.29, 1.82) is 0 Å². The van der Waals surface area contributed by atoms with Gasteiger partial charge in [-0.25, -0.2) is 0 Å². The summed E-state index contributed by atoms with van der Waals surface area (Å²) in [5.41, 5.74) is 7.52. The molecule has 80 valence electrons. The van der Waals surface area contributed by atoms with E-state index in [4.69, 9.17) is 0 Å². The lowest BCUT2D eigenvalue weighted by Crippen LogP contribution is -1.99. The van der Waals surface area contributed by atoms with Crippen LogP contribution in [0.5, 0.6) is 0 Å². The predicted octanol–water partition coefficient (Wildman–Crippen LogP) is 4.65. The maximum atomic E-state index is 2.35. The van der Waals surface area contributed by atoms with Crippen LogP contribution in [0.3, 0.4) is 0 Å². The highest BCUT2D eigenvalue weighted by Gasteiger charge is 2.12. The summed E-state index contributed by atoms with van der Waals surface area (Å²) in [5.74, 6) is 0. The van der Waals surface area contributed by atoms with Crippen molar-refractivity contribution < 1.29 is 0 Å². The second-order valence-electron chi connectivity index (χ2n) is 4.78. The minimum Gasteiger partial charge on any atom is -0.0695 e. The number of aryl methyl sites for hydroxylation is 2. The van der Waals surface area contributed by atoms with E-state index < -0.39 is 0 Å². The van der Waals surface area contributed by atoms with E-state index in [0.29, 0.717) is 0 Å². The van der Waals surface area contributed by atoms with Gasteiger partial charge in [0.25, 0.3) is 0 Å². The molecule has 0 bridgehead atoms. The summed E-state index contributed by atoms with van der Waals surface area (Å²) in [4.78, 5) is 0. The van der Waals surface area contributed by atoms with Crippen LogP contribution in [0.1, 0.15) is 49.3 Å². The van der Waals surface area contributed by atoms with Crippen molar-refractivity contribution in [3.8, 4) is 0 Å². The summed E-state index contributed by atoms with van der Waals surface area (Å²) in [6.45, 7) is 6.71. The minimum absolute atomic E-state index is 1.27. The van der Waals surface area contributed by atoms with Gasteiger partial charge in [-0.15, -0.1) is 0 Å². The lowest BCUT2D eigenvalue weighted by molar-refractivity contribution is 0.714. The van der Waals surface area contributed by atoms with Crippen molar-refractivity contribution in [3.05, 3.63) is 40.5 Å². The molecule has 0 unspecified atom stereocenters. The molecule has 0 heteroatoms. The quantitative estimate of drug-likeness (QED) is 0.619.